The van der Waals surface area contributed by atoms with Crippen LogP contribution in [-0.4, -0.2) is 15.5 Å². The normalized spacial score (nSPS) is 11.1. The van der Waals surface area contributed by atoms with Crippen LogP contribution in [0.4, 0.5) is 10.1 Å². The van der Waals surface area contributed by atoms with E-state index < -0.39 is 17.2 Å². The number of benzene rings is 2. The van der Waals surface area contributed by atoms with E-state index in [9.17, 15) is 14.0 Å². The molecular formula is C21H15ClFN3O2. The smallest absolute Gasteiger partial charge is 0.261 e. The lowest BCUT2D eigenvalue weighted by Gasteiger charge is -2.12. The zero-order valence-corrected chi connectivity index (χ0v) is 15.8. The van der Waals surface area contributed by atoms with Crippen molar-refractivity contribution in [3.8, 4) is 0 Å². The molecule has 2 heterocycles. The molecule has 5 nitrogen and oxygen atoms in total. The number of aryl methyl sites for hydroxylation is 2. The first-order valence-corrected chi connectivity index (χ1v) is 8.89. The number of pyridine rings is 2. The van der Waals surface area contributed by atoms with E-state index in [0.717, 1.165) is 0 Å². The molecule has 28 heavy (non-hydrogen) atoms. The molecule has 4 rings (SSSR count). The Labute approximate surface area is 164 Å². The van der Waals surface area contributed by atoms with Gasteiger partial charge in [-0.25, -0.2) is 4.39 Å². The molecule has 1 amide bonds. The van der Waals surface area contributed by atoms with Gasteiger partial charge >= 0.3 is 0 Å². The van der Waals surface area contributed by atoms with Crippen molar-refractivity contribution in [2.45, 2.75) is 6.92 Å². The summed E-state index contributed by atoms with van der Waals surface area (Å²) in [4.78, 5) is 30.1. The monoisotopic (exact) mass is 395 g/mol. The number of hydrogen-bond donors (Lipinski definition) is 1. The van der Waals surface area contributed by atoms with Gasteiger partial charge in [0.1, 0.15) is 11.4 Å². The maximum Gasteiger partial charge on any atom is 0.261 e. The van der Waals surface area contributed by atoms with Crippen LogP contribution in [0.15, 0.2) is 53.5 Å². The highest BCUT2D eigenvalue weighted by Crippen LogP contribution is 2.28. The molecule has 4 aromatic rings. The van der Waals surface area contributed by atoms with Crippen LogP contribution in [0.2, 0.25) is 5.02 Å². The van der Waals surface area contributed by atoms with E-state index in [0.29, 0.717) is 27.3 Å². The van der Waals surface area contributed by atoms with Gasteiger partial charge in [0, 0.05) is 29.7 Å². The first-order chi connectivity index (χ1) is 13.4. The first-order valence-electron chi connectivity index (χ1n) is 8.52. The lowest BCUT2D eigenvalue weighted by atomic mass is 10.1. The number of nitrogens with one attached hydrogen (secondary N) is 1. The minimum atomic E-state index is -0.585. The minimum absolute atomic E-state index is 0.0785. The summed E-state index contributed by atoms with van der Waals surface area (Å²) in [6.45, 7) is 1.79. The quantitative estimate of drug-likeness (QED) is 0.545. The van der Waals surface area contributed by atoms with Crippen molar-refractivity contribution in [3.63, 3.8) is 0 Å². The van der Waals surface area contributed by atoms with E-state index in [-0.39, 0.29) is 16.5 Å². The third-order valence-corrected chi connectivity index (χ3v) is 4.87. The molecule has 0 aliphatic rings. The maximum absolute atomic E-state index is 14.1. The largest absolute Gasteiger partial charge is 0.347 e. The molecular weight excluding hydrogens is 381 g/mol. The Morgan fingerprint density at radius 2 is 1.89 bits per heavy atom. The number of hydrogen-bond acceptors (Lipinski definition) is 3. The molecule has 0 fully saturated rings. The Bertz CT molecular complexity index is 1330. The summed E-state index contributed by atoms with van der Waals surface area (Å²) in [6, 6.07) is 11.2. The molecule has 0 bridgehead atoms. The summed E-state index contributed by atoms with van der Waals surface area (Å²) in [5, 5.41) is 4.05. The second-order valence-electron chi connectivity index (χ2n) is 6.52. The zero-order valence-electron chi connectivity index (χ0n) is 15.1. The number of anilines is 1. The Morgan fingerprint density at radius 3 is 2.68 bits per heavy atom. The Kier molecular flexibility index (Phi) is 4.35. The number of amides is 1. The van der Waals surface area contributed by atoms with Crippen molar-refractivity contribution >= 4 is 45.0 Å². The van der Waals surface area contributed by atoms with Gasteiger partial charge in [0.15, 0.2) is 0 Å². The van der Waals surface area contributed by atoms with Crippen LogP contribution in [0.5, 0.6) is 0 Å². The van der Waals surface area contributed by atoms with Crippen LogP contribution in [0.25, 0.3) is 21.8 Å². The van der Waals surface area contributed by atoms with Crippen molar-refractivity contribution in [2.75, 3.05) is 5.32 Å². The summed E-state index contributed by atoms with van der Waals surface area (Å²) in [5.41, 5.74) is 1.28. The van der Waals surface area contributed by atoms with Crippen LogP contribution in [-0.2, 0) is 7.05 Å². The maximum atomic E-state index is 14.1. The Balaban J connectivity index is 1.85. The van der Waals surface area contributed by atoms with Crippen molar-refractivity contribution in [1.29, 1.82) is 0 Å². The molecule has 0 saturated heterocycles. The fourth-order valence-electron chi connectivity index (χ4n) is 3.32. The zero-order chi connectivity index (χ0) is 20.0. The highest BCUT2D eigenvalue weighted by Gasteiger charge is 2.18. The van der Waals surface area contributed by atoms with E-state index >= 15 is 0 Å². The average Bonchev–Trinajstić information content (AvgIpc) is 2.65. The van der Waals surface area contributed by atoms with Crippen molar-refractivity contribution < 1.29 is 9.18 Å². The van der Waals surface area contributed by atoms with Crippen molar-refractivity contribution in [1.82, 2.24) is 9.55 Å². The Morgan fingerprint density at radius 1 is 1.18 bits per heavy atom. The first kappa shape index (κ1) is 18.1. The lowest BCUT2D eigenvalue weighted by molar-refractivity contribution is 0.102. The van der Waals surface area contributed by atoms with E-state index in [1.54, 1.807) is 38.2 Å². The van der Waals surface area contributed by atoms with E-state index in [1.807, 2.05) is 0 Å². The van der Waals surface area contributed by atoms with Gasteiger partial charge in [0.05, 0.1) is 21.7 Å². The minimum Gasteiger partial charge on any atom is -0.347 e. The summed E-state index contributed by atoms with van der Waals surface area (Å²) in [5.74, 6) is -1.10. The molecule has 0 saturated carbocycles. The third-order valence-electron chi connectivity index (χ3n) is 4.56. The Hall–Kier alpha value is -3.25. The molecule has 0 aliphatic heterocycles. The second kappa shape index (κ2) is 6.73. The number of aromatic nitrogens is 2. The number of halogens is 2. The molecule has 0 unspecified atom stereocenters. The molecule has 0 aliphatic carbocycles. The van der Waals surface area contributed by atoms with E-state index in [2.05, 4.69) is 10.3 Å². The summed E-state index contributed by atoms with van der Waals surface area (Å²) in [6.07, 6.45) is 1.34. The number of carbonyl (C=O) groups is 1. The highest BCUT2D eigenvalue weighted by molar-refractivity contribution is 6.35. The number of fused-ring (bicyclic) bond motifs is 2. The molecule has 2 aromatic carbocycles. The molecule has 0 atom stereocenters. The van der Waals surface area contributed by atoms with E-state index in [4.69, 9.17) is 11.6 Å². The van der Waals surface area contributed by atoms with Crippen molar-refractivity contribution in [3.05, 3.63) is 81.0 Å². The molecule has 140 valence electrons. The van der Waals surface area contributed by atoms with Crippen LogP contribution in [0, 0.1) is 12.7 Å². The van der Waals surface area contributed by atoms with Gasteiger partial charge in [-0.2, -0.15) is 0 Å². The van der Waals surface area contributed by atoms with Crippen LogP contribution in [0.3, 0.4) is 0 Å². The third kappa shape index (κ3) is 2.92. The molecule has 0 radical (unpaired) electrons. The highest BCUT2D eigenvalue weighted by atomic mass is 35.5. The van der Waals surface area contributed by atoms with Crippen molar-refractivity contribution in [2.24, 2.45) is 7.05 Å². The summed E-state index contributed by atoms with van der Waals surface area (Å²) in [7, 11) is 1.59. The lowest BCUT2D eigenvalue weighted by Crippen LogP contribution is -2.24. The SMILES string of the molecule is Cc1cc(NC(=O)c2cn(C)c3c(F)cccc3c2=O)c2cccc(Cl)c2n1. The number of carbonyl (C=O) groups excluding carboxylic acids is 1. The van der Waals surface area contributed by atoms with Gasteiger partial charge < -0.3 is 9.88 Å². The number of para-hydroxylation sites is 2. The predicted octanol–water partition coefficient (Wildman–Crippen LogP) is 4.44. The van der Waals surface area contributed by atoms with Gasteiger partial charge in [-0.1, -0.05) is 29.8 Å². The molecule has 1 N–H and O–H groups in total. The van der Waals surface area contributed by atoms with Gasteiger partial charge in [-0.3, -0.25) is 14.6 Å². The fraction of sp³-hybridized carbons (Fsp3) is 0.0952. The fourth-order valence-corrected chi connectivity index (χ4v) is 3.53. The standard InChI is InChI=1S/C21H15ClFN3O2/c1-11-9-17(12-5-3-7-15(22)18(12)24-11)25-21(28)14-10-26(2)19-13(20(14)27)6-4-8-16(19)23/h3-10H,1-2H3,(H,24,25,28). The van der Waals surface area contributed by atoms with Crippen LogP contribution < -0.4 is 10.7 Å². The summed E-state index contributed by atoms with van der Waals surface area (Å²) >= 11 is 6.22. The second-order valence-corrected chi connectivity index (χ2v) is 6.93. The van der Waals surface area contributed by atoms with Crippen LogP contribution >= 0.6 is 11.6 Å². The summed E-state index contributed by atoms with van der Waals surface area (Å²) < 4.78 is 15.5. The molecule has 0 spiro atoms. The molecule has 7 heteroatoms. The van der Waals surface area contributed by atoms with Gasteiger partial charge in [0.25, 0.3) is 5.91 Å². The predicted molar refractivity (Wildman–Crippen MR) is 109 cm³/mol. The van der Waals surface area contributed by atoms with E-state index in [1.165, 1.54) is 29.0 Å². The topological polar surface area (TPSA) is 64.0 Å². The van der Waals surface area contributed by atoms with Gasteiger partial charge in [0.2, 0.25) is 5.43 Å². The van der Waals surface area contributed by atoms with Crippen LogP contribution in [0.1, 0.15) is 16.1 Å². The number of nitrogens with zero attached hydrogens (tertiary/aromatic N) is 2. The molecule has 2 aromatic heterocycles. The number of rotatable bonds is 2. The average molecular weight is 396 g/mol. The van der Waals surface area contributed by atoms with Gasteiger partial charge in [-0.05, 0) is 31.2 Å². The van der Waals surface area contributed by atoms with Gasteiger partial charge in [-0.15, -0.1) is 0 Å².